The number of pyridine rings is 1. The first-order valence-corrected chi connectivity index (χ1v) is 7.57. The summed E-state index contributed by atoms with van der Waals surface area (Å²) in [5.74, 6) is 0.0507. The van der Waals surface area contributed by atoms with Crippen molar-refractivity contribution in [1.29, 1.82) is 0 Å². The molecule has 116 valence electrons. The highest BCUT2D eigenvalue weighted by molar-refractivity contribution is 5.95. The smallest absolute Gasteiger partial charge is 0.254 e. The standard InChI is InChI=1S/C18H23N3O/c1-14-6-7-17(15(2)11-14)18(22)21(10-4-8-19)13-16-5-3-9-20-12-16/h3,5-7,9,11-12H,4,8,10,13,19H2,1-2H3. The molecular weight excluding hydrogens is 274 g/mol. The van der Waals surface area contributed by atoms with Crippen molar-refractivity contribution in [3.63, 3.8) is 0 Å². The first-order chi connectivity index (χ1) is 10.6. The highest BCUT2D eigenvalue weighted by Gasteiger charge is 2.17. The minimum absolute atomic E-state index is 0.0507. The topological polar surface area (TPSA) is 59.2 Å². The Morgan fingerprint density at radius 1 is 1.27 bits per heavy atom. The number of nitrogens with zero attached hydrogens (tertiary/aromatic N) is 2. The molecule has 0 aliphatic carbocycles. The van der Waals surface area contributed by atoms with Crippen LogP contribution in [0.2, 0.25) is 0 Å². The molecule has 22 heavy (non-hydrogen) atoms. The zero-order valence-corrected chi connectivity index (χ0v) is 13.2. The minimum atomic E-state index is 0.0507. The number of aryl methyl sites for hydroxylation is 2. The van der Waals surface area contributed by atoms with E-state index in [4.69, 9.17) is 5.73 Å². The molecule has 0 radical (unpaired) electrons. The van der Waals surface area contributed by atoms with Gasteiger partial charge in [-0.05, 0) is 50.1 Å². The predicted molar refractivity (Wildman–Crippen MR) is 88.6 cm³/mol. The van der Waals surface area contributed by atoms with Crippen LogP contribution < -0.4 is 5.73 Å². The molecule has 0 aliphatic rings. The van der Waals surface area contributed by atoms with E-state index in [1.54, 1.807) is 12.4 Å². The molecule has 2 rings (SSSR count). The molecule has 1 aromatic heterocycles. The summed E-state index contributed by atoms with van der Waals surface area (Å²) in [4.78, 5) is 18.8. The summed E-state index contributed by atoms with van der Waals surface area (Å²) in [7, 11) is 0. The Morgan fingerprint density at radius 2 is 2.09 bits per heavy atom. The molecule has 0 unspecified atom stereocenters. The van der Waals surface area contributed by atoms with E-state index in [1.807, 2.05) is 49.1 Å². The average Bonchev–Trinajstić information content (AvgIpc) is 2.52. The first-order valence-electron chi connectivity index (χ1n) is 7.57. The second-order valence-electron chi connectivity index (χ2n) is 5.55. The van der Waals surface area contributed by atoms with E-state index in [2.05, 4.69) is 4.98 Å². The number of hydrogen-bond acceptors (Lipinski definition) is 3. The van der Waals surface area contributed by atoms with Gasteiger partial charge < -0.3 is 10.6 Å². The van der Waals surface area contributed by atoms with Gasteiger partial charge in [-0.25, -0.2) is 0 Å². The lowest BCUT2D eigenvalue weighted by Gasteiger charge is -2.23. The van der Waals surface area contributed by atoms with Crippen LogP contribution in [0.15, 0.2) is 42.7 Å². The molecule has 0 fully saturated rings. The number of hydrogen-bond donors (Lipinski definition) is 1. The van der Waals surface area contributed by atoms with E-state index in [9.17, 15) is 4.79 Å². The van der Waals surface area contributed by atoms with Crippen molar-refractivity contribution in [2.24, 2.45) is 5.73 Å². The fourth-order valence-corrected chi connectivity index (χ4v) is 2.47. The van der Waals surface area contributed by atoms with Crippen molar-refractivity contribution in [3.8, 4) is 0 Å². The zero-order chi connectivity index (χ0) is 15.9. The van der Waals surface area contributed by atoms with Gasteiger partial charge in [0.2, 0.25) is 0 Å². The maximum Gasteiger partial charge on any atom is 0.254 e. The van der Waals surface area contributed by atoms with Crippen LogP contribution >= 0.6 is 0 Å². The van der Waals surface area contributed by atoms with Crippen LogP contribution in [0.1, 0.15) is 33.5 Å². The number of amides is 1. The molecular formula is C18H23N3O. The highest BCUT2D eigenvalue weighted by atomic mass is 16.2. The molecule has 2 aromatic rings. The fourth-order valence-electron chi connectivity index (χ4n) is 2.47. The Balaban J connectivity index is 2.22. The Kier molecular flexibility index (Phi) is 5.67. The fraction of sp³-hybridized carbons (Fsp3) is 0.333. The lowest BCUT2D eigenvalue weighted by Crippen LogP contribution is -2.33. The van der Waals surface area contributed by atoms with E-state index in [1.165, 1.54) is 0 Å². The van der Waals surface area contributed by atoms with Gasteiger partial charge >= 0.3 is 0 Å². The monoisotopic (exact) mass is 297 g/mol. The van der Waals surface area contributed by atoms with E-state index in [0.29, 0.717) is 19.6 Å². The van der Waals surface area contributed by atoms with Crippen molar-refractivity contribution in [1.82, 2.24) is 9.88 Å². The molecule has 0 atom stereocenters. The van der Waals surface area contributed by atoms with Crippen LogP contribution in [-0.2, 0) is 6.54 Å². The second-order valence-corrected chi connectivity index (χ2v) is 5.55. The molecule has 4 nitrogen and oxygen atoms in total. The van der Waals surface area contributed by atoms with Crippen molar-refractivity contribution in [3.05, 3.63) is 65.0 Å². The molecule has 4 heteroatoms. The van der Waals surface area contributed by atoms with Gasteiger partial charge in [-0.1, -0.05) is 23.8 Å². The molecule has 0 aliphatic heterocycles. The van der Waals surface area contributed by atoms with Crippen LogP contribution in [0.25, 0.3) is 0 Å². The molecule has 0 saturated carbocycles. The average molecular weight is 297 g/mol. The number of carbonyl (C=O) groups excluding carboxylic acids is 1. The summed E-state index contributed by atoms with van der Waals surface area (Å²) in [6.45, 7) is 5.79. The third-order valence-electron chi connectivity index (χ3n) is 3.63. The van der Waals surface area contributed by atoms with E-state index >= 15 is 0 Å². The van der Waals surface area contributed by atoms with Crippen molar-refractivity contribution in [2.45, 2.75) is 26.8 Å². The molecule has 1 aromatic carbocycles. The Bertz CT molecular complexity index is 625. The Labute approximate surface area is 132 Å². The summed E-state index contributed by atoms with van der Waals surface area (Å²) < 4.78 is 0. The molecule has 0 saturated heterocycles. The largest absolute Gasteiger partial charge is 0.334 e. The summed E-state index contributed by atoms with van der Waals surface area (Å²) in [6, 6.07) is 9.80. The maximum atomic E-state index is 12.9. The molecule has 2 N–H and O–H groups in total. The van der Waals surface area contributed by atoms with Crippen LogP contribution in [0.4, 0.5) is 0 Å². The van der Waals surface area contributed by atoms with Gasteiger partial charge in [0.25, 0.3) is 5.91 Å². The Morgan fingerprint density at radius 3 is 2.73 bits per heavy atom. The van der Waals surface area contributed by atoms with Gasteiger partial charge in [0.15, 0.2) is 0 Å². The van der Waals surface area contributed by atoms with Crippen LogP contribution in [0.3, 0.4) is 0 Å². The lowest BCUT2D eigenvalue weighted by atomic mass is 10.0. The number of rotatable bonds is 6. The minimum Gasteiger partial charge on any atom is -0.334 e. The van der Waals surface area contributed by atoms with E-state index in [-0.39, 0.29) is 5.91 Å². The van der Waals surface area contributed by atoms with E-state index < -0.39 is 0 Å². The number of aromatic nitrogens is 1. The SMILES string of the molecule is Cc1ccc(C(=O)N(CCCN)Cc2cccnc2)c(C)c1. The predicted octanol–water partition coefficient (Wildman–Crippen LogP) is 2.69. The van der Waals surface area contributed by atoms with Gasteiger partial charge in [-0.3, -0.25) is 9.78 Å². The normalized spacial score (nSPS) is 10.5. The van der Waals surface area contributed by atoms with E-state index in [0.717, 1.165) is 28.7 Å². The van der Waals surface area contributed by atoms with Gasteiger partial charge in [0, 0.05) is 31.0 Å². The third-order valence-corrected chi connectivity index (χ3v) is 3.63. The van der Waals surface area contributed by atoms with Crippen LogP contribution in [0, 0.1) is 13.8 Å². The molecule has 0 bridgehead atoms. The van der Waals surface area contributed by atoms with Gasteiger partial charge in [-0.2, -0.15) is 0 Å². The maximum absolute atomic E-state index is 12.9. The van der Waals surface area contributed by atoms with Crippen molar-refractivity contribution < 1.29 is 4.79 Å². The quantitative estimate of drug-likeness (QED) is 0.892. The summed E-state index contributed by atoms with van der Waals surface area (Å²) in [5.41, 5.74) is 9.56. The summed E-state index contributed by atoms with van der Waals surface area (Å²) in [5, 5.41) is 0. The third kappa shape index (κ3) is 4.15. The zero-order valence-electron chi connectivity index (χ0n) is 13.2. The molecule has 0 spiro atoms. The van der Waals surface area contributed by atoms with Crippen LogP contribution in [0.5, 0.6) is 0 Å². The summed E-state index contributed by atoms with van der Waals surface area (Å²) >= 11 is 0. The van der Waals surface area contributed by atoms with Gasteiger partial charge in [-0.15, -0.1) is 0 Å². The second kappa shape index (κ2) is 7.71. The van der Waals surface area contributed by atoms with Crippen molar-refractivity contribution in [2.75, 3.05) is 13.1 Å². The molecule has 1 amide bonds. The Hall–Kier alpha value is -2.20. The highest BCUT2D eigenvalue weighted by Crippen LogP contribution is 2.15. The molecule has 1 heterocycles. The summed E-state index contributed by atoms with van der Waals surface area (Å²) in [6.07, 6.45) is 4.32. The number of nitrogens with two attached hydrogens (primary N) is 1. The first kappa shape index (κ1) is 16.2. The van der Waals surface area contributed by atoms with Crippen LogP contribution in [-0.4, -0.2) is 28.9 Å². The lowest BCUT2D eigenvalue weighted by molar-refractivity contribution is 0.0741. The van der Waals surface area contributed by atoms with Crippen molar-refractivity contribution >= 4 is 5.91 Å². The van der Waals surface area contributed by atoms with Gasteiger partial charge in [0.05, 0.1) is 0 Å². The van der Waals surface area contributed by atoms with Gasteiger partial charge in [0.1, 0.15) is 0 Å². The number of carbonyl (C=O) groups is 1. The number of benzene rings is 1.